The summed E-state index contributed by atoms with van der Waals surface area (Å²) in [5.41, 5.74) is 9.26. The van der Waals surface area contributed by atoms with E-state index in [1.807, 2.05) is 20.0 Å². The van der Waals surface area contributed by atoms with Gasteiger partial charge in [0.05, 0.1) is 64.9 Å². The van der Waals surface area contributed by atoms with Crippen molar-refractivity contribution < 1.29 is 43.3 Å². The minimum Gasteiger partial charge on any atom is -0.475 e. The van der Waals surface area contributed by atoms with Gasteiger partial charge in [-0.15, -0.1) is 5.10 Å². The van der Waals surface area contributed by atoms with E-state index in [2.05, 4.69) is 58.9 Å². The molecule has 320 valence electrons. The largest absolute Gasteiger partial charge is 0.475 e. The molecule has 0 fully saturated rings. The molecule has 0 aliphatic rings. The lowest BCUT2D eigenvalue weighted by molar-refractivity contribution is -0.130. The molecule has 18 heteroatoms. The summed E-state index contributed by atoms with van der Waals surface area (Å²) in [7, 11) is 0. The van der Waals surface area contributed by atoms with Gasteiger partial charge in [0.1, 0.15) is 12.3 Å². The minimum atomic E-state index is -0.830. The van der Waals surface area contributed by atoms with E-state index in [9.17, 15) is 19.2 Å². The number of benzene rings is 1. The third-order valence-electron chi connectivity index (χ3n) is 8.41. The predicted molar refractivity (Wildman–Crippen MR) is 214 cm³/mol. The standard InChI is InChI=1S/C39H65N9O9/c1-28(2)22-34(45-36(50)25-43-53)35(49)23-31(8-7-14-41-38(40)52)37(51)44-32-11-9-30(10-12-32)27-57-29(3)42-24-33-26-48(47-46-33)15-17-55-19-21-56-20-18-54-16-13-39(4,5)6/h9-12,26,28,31,34,42-43,53H,3,7-8,13-25,27H2,1-2,4-6H3,(H,44,51)(H,45,50)(H3,40,41,52)/t31-,34+/m1/s1. The Bertz CT molecular complexity index is 1500. The Balaban J connectivity index is 1.76. The van der Waals surface area contributed by atoms with E-state index in [0.29, 0.717) is 76.2 Å². The number of amides is 4. The van der Waals surface area contributed by atoms with Gasteiger partial charge in [-0.1, -0.05) is 52.0 Å². The highest BCUT2D eigenvalue weighted by Crippen LogP contribution is 2.20. The fourth-order valence-corrected chi connectivity index (χ4v) is 5.28. The second-order valence-corrected chi connectivity index (χ2v) is 15.3. The monoisotopic (exact) mass is 803 g/mol. The second-order valence-electron chi connectivity index (χ2n) is 15.3. The van der Waals surface area contributed by atoms with Crippen molar-refractivity contribution in [2.24, 2.45) is 23.0 Å². The molecule has 1 heterocycles. The molecule has 2 aromatic rings. The highest BCUT2D eigenvalue weighted by atomic mass is 16.5. The molecule has 0 aliphatic heterocycles. The summed E-state index contributed by atoms with van der Waals surface area (Å²) >= 11 is 0. The summed E-state index contributed by atoms with van der Waals surface area (Å²) in [6.07, 6.45) is 3.75. The molecule has 2 atom stereocenters. The zero-order valence-corrected chi connectivity index (χ0v) is 34.3. The number of aromatic nitrogens is 3. The van der Waals surface area contributed by atoms with Crippen LogP contribution in [0.1, 0.15) is 78.0 Å². The average molecular weight is 804 g/mol. The Morgan fingerprint density at radius 3 is 2.26 bits per heavy atom. The molecular weight excluding hydrogens is 738 g/mol. The van der Waals surface area contributed by atoms with Crippen LogP contribution in [0, 0.1) is 17.3 Å². The van der Waals surface area contributed by atoms with Crippen LogP contribution < -0.4 is 32.5 Å². The van der Waals surface area contributed by atoms with Crippen molar-refractivity contribution >= 4 is 29.3 Å². The van der Waals surface area contributed by atoms with Crippen molar-refractivity contribution in [3.8, 4) is 0 Å². The number of Topliss-reactive ketones (excluding diaryl/α,β-unsaturated/α-hetero) is 1. The number of anilines is 1. The van der Waals surface area contributed by atoms with Crippen LogP contribution in [-0.4, -0.2) is 103 Å². The molecule has 0 spiro atoms. The zero-order valence-electron chi connectivity index (χ0n) is 34.3. The molecule has 57 heavy (non-hydrogen) atoms. The van der Waals surface area contributed by atoms with Crippen LogP contribution in [0.3, 0.4) is 0 Å². The predicted octanol–water partition coefficient (Wildman–Crippen LogP) is 3.01. The third kappa shape index (κ3) is 23.3. The summed E-state index contributed by atoms with van der Waals surface area (Å²) in [6, 6.07) is 5.54. The number of primary amides is 1. The van der Waals surface area contributed by atoms with Crippen LogP contribution in [0.5, 0.6) is 0 Å². The number of ether oxygens (including phenoxy) is 4. The molecule has 0 bridgehead atoms. The van der Waals surface area contributed by atoms with Crippen LogP contribution in [0.15, 0.2) is 42.9 Å². The van der Waals surface area contributed by atoms with E-state index < -0.39 is 23.9 Å². The van der Waals surface area contributed by atoms with Crippen molar-refractivity contribution in [3.05, 3.63) is 54.2 Å². The number of ketones is 1. The van der Waals surface area contributed by atoms with Crippen LogP contribution >= 0.6 is 0 Å². The Labute approximate surface area is 336 Å². The molecule has 0 aliphatic carbocycles. The lowest BCUT2D eigenvalue weighted by atomic mass is 9.90. The maximum atomic E-state index is 13.4. The first-order valence-electron chi connectivity index (χ1n) is 19.4. The van der Waals surface area contributed by atoms with E-state index in [-0.39, 0.29) is 55.6 Å². The van der Waals surface area contributed by atoms with Crippen molar-refractivity contribution in [2.75, 3.05) is 58.0 Å². The maximum absolute atomic E-state index is 13.4. The number of hydrogen-bond acceptors (Lipinski definition) is 13. The number of carbonyl (C=O) groups is 4. The fourth-order valence-electron chi connectivity index (χ4n) is 5.28. The smallest absolute Gasteiger partial charge is 0.312 e. The Kier molecular flexibility index (Phi) is 23.1. The van der Waals surface area contributed by atoms with Gasteiger partial charge in [0.25, 0.3) is 0 Å². The number of hydroxylamine groups is 1. The summed E-state index contributed by atoms with van der Waals surface area (Å²) < 4.78 is 24.2. The van der Waals surface area contributed by atoms with Crippen molar-refractivity contribution in [1.82, 2.24) is 36.4 Å². The maximum Gasteiger partial charge on any atom is 0.312 e. The normalized spacial score (nSPS) is 12.5. The molecule has 1 aromatic carbocycles. The Morgan fingerprint density at radius 1 is 0.965 bits per heavy atom. The van der Waals surface area contributed by atoms with Crippen molar-refractivity contribution in [3.63, 3.8) is 0 Å². The molecule has 1 aromatic heterocycles. The van der Waals surface area contributed by atoms with Gasteiger partial charge in [-0.05, 0) is 61.3 Å². The van der Waals surface area contributed by atoms with Gasteiger partial charge in [0.2, 0.25) is 11.8 Å². The molecule has 0 saturated carbocycles. The summed E-state index contributed by atoms with van der Waals surface area (Å²) in [6.45, 7) is 18.6. The van der Waals surface area contributed by atoms with Gasteiger partial charge in [-0.25, -0.2) is 9.48 Å². The first-order chi connectivity index (χ1) is 27.1. The van der Waals surface area contributed by atoms with Crippen molar-refractivity contribution in [2.45, 2.75) is 92.5 Å². The molecule has 0 saturated heterocycles. The third-order valence-corrected chi connectivity index (χ3v) is 8.41. The van der Waals surface area contributed by atoms with Gasteiger partial charge >= 0.3 is 6.03 Å². The minimum absolute atomic E-state index is 0.0822. The molecule has 8 N–H and O–H groups in total. The number of hydrogen-bond donors (Lipinski definition) is 7. The summed E-state index contributed by atoms with van der Waals surface area (Å²) in [5, 5.41) is 28.3. The van der Waals surface area contributed by atoms with Gasteiger partial charge in [0.15, 0.2) is 11.7 Å². The molecule has 0 unspecified atom stereocenters. The highest BCUT2D eigenvalue weighted by molar-refractivity contribution is 5.97. The topological polar surface area (TPSA) is 242 Å². The average Bonchev–Trinajstić information content (AvgIpc) is 3.60. The number of nitrogens with one attached hydrogen (secondary N) is 5. The quantitative estimate of drug-likeness (QED) is 0.0330. The van der Waals surface area contributed by atoms with Gasteiger partial charge < -0.3 is 51.2 Å². The fraction of sp³-hybridized carbons (Fsp3) is 0.641. The number of rotatable bonds is 31. The summed E-state index contributed by atoms with van der Waals surface area (Å²) in [4.78, 5) is 50.0. The molecule has 0 radical (unpaired) electrons. The lowest BCUT2D eigenvalue weighted by Crippen LogP contribution is -2.45. The number of carbonyl (C=O) groups excluding carboxylic acids is 4. The highest BCUT2D eigenvalue weighted by Gasteiger charge is 2.28. The van der Waals surface area contributed by atoms with E-state index in [1.165, 1.54) is 0 Å². The van der Waals surface area contributed by atoms with Crippen LogP contribution in [-0.2, 0) is 53.0 Å². The van der Waals surface area contributed by atoms with Crippen LogP contribution in [0.25, 0.3) is 0 Å². The zero-order chi connectivity index (χ0) is 42.1. The first kappa shape index (κ1) is 48.5. The Hall–Kier alpha value is -4.62. The van der Waals surface area contributed by atoms with Crippen LogP contribution in [0.2, 0.25) is 0 Å². The van der Waals surface area contributed by atoms with Gasteiger partial charge in [-0.2, -0.15) is 5.48 Å². The molecule has 18 nitrogen and oxygen atoms in total. The van der Waals surface area contributed by atoms with E-state index in [4.69, 9.17) is 29.9 Å². The van der Waals surface area contributed by atoms with Gasteiger partial charge in [-0.3, -0.25) is 14.4 Å². The summed E-state index contributed by atoms with van der Waals surface area (Å²) in [5.74, 6) is -1.55. The van der Waals surface area contributed by atoms with E-state index >= 15 is 0 Å². The SMILES string of the molecule is C=C(NCc1cn(CCOCCOCCOCCC(C)(C)C)nn1)OCc1ccc(NC(=O)[C@H](CCCNC(N)=O)CC(=O)[C@H](CC(C)C)NC(=O)CNO)cc1. The van der Waals surface area contributed by atoms with Gasteiger partial charge in [0, 0.05) is 31.2 Å². The molecule has 2 rings (SSSR count). The number of nitrogens with zero attached hydrogens (tertiary/aromatic N) is 3. The molecular formula is C39H65N9O9. The number of nitrogens with two attached hydrogens (primary N) is 1. The Morgan fingerprint density at radius 2 is 1.63 bits per heavy atom. The molecule has 4 amide bonds. The number of urea groups is 1. The van der Waals surface area contributed by atoms with Crippen LogP contribution in [0.4, 0.5) is 10.5 Å². The van der Waals surface area contributed by atoms with E-state index in [1.54, 1.807) is 34.4 Å². The van der Waals surface area contributed by atoms with Crippen molar-refractivity contribution in [1.29, 1.82) is 0 Å². The second kappa shape index (κ2) is 27.1. The first-order valence-corrected chi connectivity index (χ1v) is 19.4. The lowest BCUT2D eigenvalue weighted by Gasteiger charge is -2.23. The van der Waals surface area contributed by atoms with E-state index in [0.717, 1.165) is 18.6 Å².